The van der Waals surface area contributed by atoms with Crippen LogP contribution in [-0.2, 0) is 0 Å². The van der Waals surface area contributed by atoms with Crippen molar-refractivity contribution >= 4 is 0 Å². The van der Waals surface area contributed by atoms with Gasteiger partial charge in [0.2, 0.25) is 0 Å². The molecule has 1 rings (SSSR count). The zero-order valence-corrected chi connectivity index (χ0v) is 12.4. The number of hydrogen-bond donors (Lipinski definition) is 1. The molecule has 0 aliphatic heterocycles. The lowest BCUT2D eigenvalue weighted by atomic mass is 10.2. The summed E-state index contributed by atoms with van der Waals surface area (Å²) in [6.45, 7) is 9.02. The summed E-state index contributed by atoms with van der Waals surface area (Å²) in [6, 6.07) is 8.44. The van der Waals surface area contributed by atoms with Crippen LogP contribution in [0.15, 0.2) is 24.3 Å². The van der Waals surface area contributed by atoms with Gasteiger partial charge in [-0.3, -0.25) is 0 Å². The molecule has 0 radical (unpaired) electrons. The highest BCUT2D eigenvalue weighted by molar-refractivity contribution is 5.31. The Morgan fingerprint density at radius 1 is 1.00 bits per heavy atom. The van der Waals surface area contributed by atoms with E-state index in [1.54, 1.807) is 0 Å². The number of nitrogens with one attached hydrogen (secondary N) is 1. The smallest absolute Gasteiger partial charge is 0.119 e. The summed E-state index contributed by atoms with van der Waals surface area (Å²) in [4.78, 5) is 0. The molecular formula is C16H27NO2. The van der Waals surface area contributed by atoms with Crippen LogP contribution in [0.1, 0.15) is 40.0 Å². The molecule has 1 N–H and O–H groups in total. The molecule has 3 nitrogen and oxygen atoms in total. The summed E-state index contributed by atoms with van der Waals surface area (Å²) < 4.78 is 11.2. The van der Waals surface area contributed by atoms with E-state index in [4.69, 9.17) is 9.47 Å². The maximum atomic E-state index is 5.69. The molecule has 0 aromatic heterocycles. The van der Waals surface area contributed by atoms with Crippen LogP contribution >= 0.6 is 0 Å². The number of rotatable bonds is 10. The second-order valence-corrected chi connectivity index (χ2v) is 4.79. The first-order valence-electron chi connectivity index (χ1n) is 7.35. The summed E-state index contributed by atoms with van der Waals surface area (Å²) in [6.07, 6.45) is 3.22. The predicted molar refractivity (Wildman–Crippen MR) is 80.1 cm³/mol. The van der Waals surface area contributed by atoms with Gasteiger partial charge in [-0.1, -0.05) is 13.8 Å². The molecular weight excluding hydrogens is 238 g/mol. The van der Waals surface area contributed by atoms with E-state index in [1.165, 1.54) is 6.42 Å². The molecule has 0 fully saturated rings. The van der Waals surface area contributed by atoms with Crippen LogP contribution in [0.5, 0.6) is 11.5 Å². The van der Waals surface area contributed by atoms with E-state index in [2.05, 4.69) is 26.1 Å². The Labute approximate surface area is 117 Å². The minimum Gasteiger partial charge on any atom is -0.494 e. The largest absolute Gasteiger partial charge is 0.494 e. The van der Waals surface area contributed by atoms with Crippen LogP contribution in [0.2, 0.25) is 0 Å². The maximum absolute atomic E-state index is 5.69. The molecule has 0 spiro atoms. The van der Waals surface area contributed by atoms with Gasteiger partial charge in [0, 0.05) is 6.04 Å². The molecule has 0 aliphatic rings. The Balaban J connectivity index is 2.15. The van der Waals surface area contributed by atoms with Crippen LogP contribution in [0.3, 0.4) is 0 Å². The van der Waals surface area contributed by atoms with Crippen LogP contribution in [-0.4, -0.2) is 25.8 Å². The second kappa shape index (κ2) is 9.68. The quantitative estimate of drug-likeness (QED) is 0.655. The van der Waals surface area contributed by atoms with E-state index in [9.17, 15) is 0 Å². The molecule has 0 saturated heterocycles. The topological polar surface area (TPSA) is 30.5 Å². The monoisotopic (exact) mass is 265 g/mol. The predicted octanol–water partition coefficient (Wildman–Crippen LogP) is 3.63. The molecule has 108 valence electrons. The standard InChI is InChI=1S/C16H27NO2/c1-4-12-18-15-7-9-16(10-8-15)19-13-6-11-17-14(3)5-2/h7-10,14,17H,4-6,11-13H2,1-3H3. The average Bonchev–Trinajstić information content (AvgIpc) is 2.45. The van der Waals surface area contributed by atoms with Gasteiger partial charge >= 0.3 is 0 Å². The fraction of sp³-hybridized carbons (Fsp3) is 0.625. The summed E-state index contributed by atoms with van der Waals surface area (Å²) in [5.74, 6) is 1.82. The Bertz CT molecular complexity index is 324. The van der Waals surface area contributed by atoms with E-state index >= 15 is 0 Å². The van der Waals surface area contributed by atoms with Gasteiger partial charge in [0.05, 0.1) is 13.2 Å². The van der Waals surface area contributed by atoms with Gasteiger partial charge < -0.3 is 14.8 Å². The molecule has 1 atom stereocenters. The number of benzene rings is 1. The Morgan fingerprint density at radius 3 is 2.11 bits per heavy atom. The van der Waals surface area contributed by atoms with Gasteiger partial charge in [-0.2, -0.15) is 0 Å². The van der Waals surface area contributed by atoms with Gasteiger partial charge in [-0.15, -0.1) is 0 Å². The first-order chi connectivity index (χ1) is 9.26. The van der Waals surface area contributed by atoms with Gasteiger partial charge in [-0.25, -0.2) is 0 Å². The molecule has 3 heteroatoms. The third kappa shape index (κ3) is 7.06. The SMILES string of the molecule is CCCOc1ccc(OCCCNC(C)CC)cc1. The highest BCUT2D eigenvalue weighted by Gasteiger charge is 1.98. The van der Waals surface area contributed by atoms with E-state index in [0.29, 0.717) is 6.04 Å². The van der Waals surface area contributed by atoms with Crippen molar-refractivity contribution in [1.29, 1.82) is 0 Å². The highest BCUT2D eigenvalue weighted by Crippen LogP contribution is 2.17. The van der Waals surface area contributed by atoms with Crippen LogP contribution in [0.25, 0.3) is 0 Å². The minimum absolute atomic E-state index is 0.593. The maximum Gasteiger partial charge on any atom is 0.119 e. The van der Waals surface area contributed by atoms with Crippen LogP contribution in [0, 0.1) is 0 Å². The van der Waals surface area contributed by atoms with Gasteiger partial charge in [0.1, 0.15) is 11.5 Å². The Kier molecular flexibility index (Phi) is 8.07. The van der Waals surface area contributed by atoms with Crippen molar-refractivity contribution in [3.05, 3.63) is 24.3 Å². The highest BCUT2D eigenvalue weighted by atomic mass is 16.5. The first kappa shape index (κ1) is 15.8. The van der Waals surface area contributed by atoms with Gasteiger partial charge in [0.25, 0.3) is 0 Å². The first-order valence-corrected chi connectivity index (χ1v) is 7.35. The number of hydrogen-bond acceptors (Lipinski definition) is 3. The normalized spacial score (nSPS) is 12.2. The molecule has 0 amide bonds. The van der Waals surface area contributed by atoms with Crippen LogP contribution < -0.4 is 14.8 Å². The minimum atomic E-state index is 0.593. The van der Waals surface area contributed by atoms with Crippen molar-refractivity contribution in [3.63, 3.8) is 0 Å². The third-order valence-corrected chi connectivity index (χ3v) is 2.99. The van der Waals surface area contributed by atoms with Crippen molar-refractivity contribution < 1.29 is 9.47 Å². The van der Waals surface area contributed by atoms with Crippen molar-refractivity contribution in [1.82, 2.24) is 5.32 Å². The average molecular weight is 265 g/mol. The van der Waals surface area contributed by atoms with E-state index in [1.807, 2.05) is 24.3 Å². The summed E-state index contributed by atoms with van der Waals surface area (Å²) in [7, 11) is 0. The molecule has 1 unspecified atom stereocenters. The molecule has 0 heterocycles. The Hall–Kier alpha value is -1.22. The van der Waals surface area contributed by atoms with Crippen molar-refractivity contribution in [3.8, 4) is 11.5 Å². The van der Waals surface area contributed by atoms with Crippen molar-refractivity contribution in [2.24, 2.45) is 0 Å². The lowest BCUT2D eigenvalue weighted by molar-refractivity contribution is 0.301. The molecule has 0 bridgehead atoms. The lowest BCUT2D eigenvalue weighted by Gasteiger charge is -2.11. The van der Waals surface area contributed by atoms with Gasteiger partial charge in [0.15, 0.2) is 0 Å². The van der Waals surface area contributed by atoms with E-state index in [0.717, 1.165) is 44.1 Å². The van der Waals surface area contributed by atoms with Crippen molar-refractivity contribution in [2.75, 3.05) is 19.8 Å². The van der Waals surface area contributed by atoms with E-state index in [-0.39, 0.29) is 0 Å². The Morgan fingerprint density at radius 2 is 1.58 bits per heavy atom. The van der Waals surface area contributed by atoms with Gasteiger partial charge in [-0.05, 0) is 57.0 Å². The molecule has 1 aromatic carbocycles. The summed E-state index contributed by atoms with van der Waals surface area (Å²) >= 11 is 0. The molecule has 1 aromatic rings. The summed E-state index contributed by atoms with van der Waals surface area (Å²) in [5.41, 5.74) is 0. The van der Waals surface area contributed by atoms with Crippen molar-refractivity contribution in [2.45, 2.75) is 46.1 Å². The zero-order chi connectivity index (χ0) is 13.9. The summed E-state index contributed by atoms with van der Waals surface area (Å²) in [5, 5.41) is 3.45. The fourth-order valence-electron chi connectivity index (χ4n) is 1.61. The fourth-order valence-corrected chi connectivity index (χ4v) is 1.61. The molecule has 0 saturated carbocycles. The van der Waals surface area contributed by atoms with Crippen LogP contribution in [0.4, 0.5) is 0 Å². The molecule has 19 heavy (non-hydrogen) atoms. The second-order valence-electron chi connectivity index (χ2n) is 4.79. The van der Waals surface area contributed by atoms with E-state index < -0.39 is 0 Å². The number of ether oxygens (including phenoxy) is 2. The molecule has 0 aliphatic carbocycles. The zero-order valence-electron chi connectivity index (χ0n) is 12.4. The third-order valence-electron chi connectivity index (χ3n) is 2.99. The lowest BCUT2D eigenvalue weighted by Crippen LogP contribution is -2.27.